The molecule has 0 aliphatic carbocycles. The number of amides is 1. The standard InChI is InChI=1S/C17H15NO3/c1-11-3-5-13(6-4-11)12(2)18-16(19)14-7-9-15(10-8-14)17(20)21/h3-10H,2H2,1H3,(H,18,19)(H,20,21). The fourth-order valence-electron chi connectivity index (χ4n) is 1.80. The summed E-state index contributed by atoms with van der Waals surface area (Å²) in [6.45, 7) is 5.82. The SMILES string of the molecule is C=C(NC(=O)c1ccc(C(=O)O)cc1)c1ccc(C)cc1. The number of hydrogen-bond acceptors (Lipinski definition) is 2. The number of nitrogens with one attached hydrogen (secondary N) is 1. The Morgan fingerprint density at radius 3 is 1.90 bits per heavy atom. The van der Waals surface area contributed by atoms with Crippen molar-refractivity contribution in [2.75, 3.05) is 0 Å². The van der Waals surface area contributed by atoms with E-state index in [1.807, 2.05) is 31.2 Å². The van der Waals surface area contributed by atoms with Crippen molar-refractivity contribution in [2.24, 2.45) is 0 Å². The summed E-state index contributed by atoms with van der Waals surface area (Å²) < 4.78 is 0. The summed E-state index contributed by atoms with van der Waals surface area (Å²) in [6, 6.07) is 13.4. The Hall–Kier alpha value is -2.88. The van der Waals surface area contributed by atoms with E-state index in [0.717, 1.165) is 11.1 Å². The molecule has 0 heterocycles. The van der Waals surface area contributed by atoms with E-state index < -0.39 is 5.97 Å². The first-order valence-corrected chi connectivity index (χ1v) is 6.38. The van der Waals surface area contributed by atoms with Crippen LogP contribution in [-0.4, -0.2) is 17.0 Å². The van der Waals surface area contributed by atoms with E-state index >= 15 is 0 Å². The van der Waals surface area contributed by atoms with Crippen LogP contribution in [0.15, 0.2) is 55.1 Å². The Bertz CT molecular complexity index is 685. The summed E-state index contributed by atoms with van der Waals surface area (Å²) >= 11 is 0. The molecule has 0 unspecified atom stereocenters. The van der Waals surface area contributed by atoms with Gasteiger partial charge in [0.05, 0.1) is 5.56 Å². The molecule has 2 aromatic rings. The number of aromatic carboxylic acids is 1. The zero-order valence-corrected chi connectivity index (χ0v) is 11.6. The largest absolute Gasteiger partial charge is 0.478 e. The van der Waals surface area contributed by atoms with E-state index in [0.29, 0.717) is 11.3 Å². The van der Waals surface area contributed by atoms with Gasteiger partial charge in [0.2, 0.25) is 0 Å². The molecule has 2 N–H and O–H groups in total. The van der Waals surface area contributed by atoms with Gasteiger partial charge in [0.15, 0.2) is 0 Å². The summed E-state index contributed by atoms with van der Waals surface area (Å²) in [5, 5.41) is 11.5. The molecule has 2 rings (SSSR count). The van der Waals surface area contributed by atoms with Gasteiger partial charge >= 0.3 is 5.97 Å². The summed E-state index contributed by atoms with van der Waals surface area (Å²) in [7, 11) is 0. The predicted octanol–water partition coefficient (Wildman–Crippen LogP) is 3.09. The van der Waals surface area contributed by atoms with Crippen LogP contribution in [0.1, 0.15) is 31.8 Å². The van der Waals surface area contributed by atoms with Gasteiger partial charge < -0.3 is 10.4 Å². The van der Waals surface area contributed by atoms with Gasteiger partial charge in [-0.1, -0.05) is 36.4 Å². The molecule has 0 spiro atoms. The fraction of sp³-hybridized carbons (Fsp3) is 0.0588. The van der Waals surface area contributed by atoms with Gasteiger partial charge in [-0.25, -0.2) is 4.79 Å². The highest BCUT2D eigenvalue weighted by Gasteiger charge is 2.09. The summed E-state index contributed by atoms with van der Waals surface area (Å²) in [6.07, 6.45) is 0. The molecule has 4 nitrogen and oxygen atoms in total. The van der Waals surface area contributed by atoms with Crippen molar-refractivity contribution < 1.29 is 14.7 Å². The molecule has 2 aromatic carbocycles. The number of rotatable bonds is 4. The Balaban J connectivity index is 2.08. The first-order chi connectivity index (χ1) is 9.97. The van der Waals surface area contributed by atoms with E-state index in [9.17, 15) is 9.59 Å². The molecule has 0 atom stereocenters. The van der Waals surface area contributed by atoms with Crippen molar-refractivity contribution in [3.8, 4) is 0 Å². The molecule has 0 aliphatic rings. The number of carbonyl (C=O) groups excluding carboxylic acids is 1. The van der Waals surface area contributed by atoms with Crippen molar-refractivity contribution in [1.29, 1.82) is 0 Å². The smallest absolute Gasteiger partial charge is 0.335 e. The first-order valence-electron chi connectivity index (χ1n) is 6.38. The van der Waals surface area contributed by atoms with Crippen LogP contribution in [-0.2, 0) is 0 Å². The normalized spacial score (nSPS) is 9.95. The molecule has 0 aliphatic heterocycles. The Labute approximate surface area is 122 Å². The van der Waals surface area contributed by atoms with Crippen LogP contribution in [0.4, 0.5) is 0 Å². The van der Waals surface area contributed by atoms with Gasteiger partial charge in [0, 0.05) is 11.3 Å². The van der Waals surface area contributed by atoms with Gasteiger partial charge in [-0.15, -0.1) is 0 Å². The van der Waals surface area contributed by atoms with Gasteiger partial charge in [-0.3, -0.25) is 4.79 Å². The highest BCUT2D eigenvalue weighted by atomic mass is 16.4. The number of carboxylic acid groups (broad SMARTS) is 1. The molecule has 0 radical (unpaired) electrons. The summed E-state index contributed by atoms with van der Waals surface area (Å²) in [4.78, 5) is 22.8. The highest BCUT2D eigenvalue weighted by Crippen LogP contribution is 2.12. The molecule has 0 saturated heterocycles. The molecule has 106 valence electrons. The predicted molar refractivity (Wildman–Crippen MR) is 81.1 cm³/mol. The number of carbonyl (C=O) groups is 2. The topological polar surface area (TPSA) is 66.4 Å². The van der Waals surface area contributed by atoms with E-state index in [4.69, 9.17) is 5.11 Å². The number of benzene rings is 2. The molecule has 0 saturated carbocycles. The highest BCUT2D eigenvalue weighted by molar-refractivity contribution is 6.00. The maximum atomic E-state index is 12.1. The monoisotopic (exact) mass is 281 g/mol. The lowest BCUT2D eigenvalue weighted by atomic mass is 10.1. The quantitative estimate of drug-likeness (QED) is 0.905. The average molecular weight is 281 g/mol. The van der Waals surface area contributed by atoms with Crippen molar-refractivity contribution in [2.45, 2.75) is 6.92 Å². The maximum Gasteiger partial charge on any atom is 0.335 e. The van der Waals surface area contributed by atoms with Crippen molar-refractivity contribution in [3.05, 3.63) is 77.4 Å². The number of carboxylic acids is 1. The Kier molecular flexibility index (Phi) is 4.18. The molecule has 0 bridgehead atoms. The van der Waals surface area contributed by atoms with Gasteiger partial charge in [-0.2, -0.15) is 0 Å². The van der Waals surface area contributed by atoms with Gasteiger partial charge in [-0.05, 0) is 36.8 Å². The lowest BCUT2D eigenvalue weighted by Gasteiger charge is -2.09. The zero-order valence-electron chi connectivity index (χ0n) is 11.6. The van der Waals surface area contributed by atoms with Crippen LogP contribution in [0.25, 0.3) is 5.70 Å². The Morgan fingerprint density at radius 1 is 0.905 bits per heavy atom. The van der Waals surface area contributed by atoms with E-state index in [2.05, 4.69) is 11.9 Å². The molecule has 0 fully saturated rings. The molecular formula is C17H15NO3. The van der Waals surface area contributed by atoms with Crippen LogP contribution in [0.5, 0.6) is 0 Å². The third-order valence-electron chi connectivity index (χ3n) is 3.06. The van der Waals surface area contributed by atoms with E-state index in [1.165, 1.54) is 24.3 Å². The molecule has 0 aromatic heterocycles. The minimum atomic E-state index is -1.02. The van der Waals surface area contributed by atoms with Crippen LogP contribution >= 0.6 is 0 Å². The second-order valence-corrected chi connectivity index (χ2v) is 4.68. The fourth-order valence-corrected chi connectivity index (χ4v) is 1.80. The van der Waals surface area contributed by atoms with Crippen LogP contribution in [0, 0.1) is 6.92 Å². The van der Waals surface area contributed by atoms with Crippen LogP contribution in [0.3, 0.4) is 0 Å². The van der Waals surface area contributed by atoms with Crippen molar-refractivity contribution >= 4 is 17.6 Å². The molecule has 1 amide bonds. The average Bonchev–Trinajstić information content (AvgIpc) is 2.47. The zero-order chi connectivity index (χ0) is 15.4. The number of hydrogen-bond donors (Lipinski definition) is 2. The molecule has 4 heteroatoms. The second-order valence-electron chi connectivity index (χ2n) is 4.68. The van der Waals surface area contributed by atoms with Crippen molar-refractivity contribution in [3.63, 3.8) is 0 Å². The lowest BCUT2D eigenvalue weighted by molar-refractivity contribution is 0.0696. The Morgan fingerprint density at radius 2 is 1.38 bits per heavy atom. The minimum absolute atomic E-state index is 0.143. The number of aryl methyl sites for hydroxylation is 1. The second kappa shape index (κ2) is 6.05. The third kappa shape index (κ3) is 3.57. The van der Waals surface area contributed by atoms with Crippen molar-refractivity contribution in [1.82, 2.24) is 5.32 Å². The summed E-state index contributed by atoms with van der Waals surface area (Å²) in [5.41, 5.74) is 2.98. The lowest BCUT2D eigenvalue weighted by Crippen LogP contribution is -2.21. The minimum Gasteiger partial charge on any atom is -0.478 e. The van der Waals surface area contributed by atoms with E-state index in [-0.39, 0.29) is 11.5 Å². The molecule has 21 heavy (non-hydrogen) atoms. The van der Waals surface area contributed by atoms with Gasteiger partial charge in [0.25, 0.3) is 5.91 Å². The van der Waals surface area contributed by atoms with Crippen LogP contribution in [0.2, 0.25) is 0 Å². The van der Waals surface area contributed by atoms with Crippen LogP contribution < -0.4 is 5.32 Å². The summed E-state index contributed by atoms with van der Waals surface area (Å²) in [5.74, 6) is -1.34. The maximum absolute atomic E-state index is 12.1. The van der Waals surface area contributed by atoms with Gasteiger partial charge in [0.1, 0.15) is 0 Å². The van der Waals surface area contributed by atoms with E-state index in [1.54, 1.807) is 0 Å². The third-order valence-corrected chi connectivity index (χ3v) is 3.06. The first kappa shape index (κ1) is 14.5. The molecular weight excluding hydrogens is 266 g/mol.